The van der Waals surface area contributed by atoms with Gasteiger partial charge >= 0.3 is 0 Å². The van der Waals surface area contributed by atoms with Gasteiger partial charge in [-0.25, -0.2) is 4.98 Å². The van der Waals surface area contributed by atoms with Crippen molar-refractivity contribution < 1.29 is 9.59 Å². The first-order valence-corrected chi connectivity index (χ1v) is 5.66. The summed E-state index contributed by atoms with van der Waals surface area (Å²) < 4.78 is 0. The second kappa shape index (κ2) is 4.99. The lowest BCUT2D eigenvalue weighted by molar-refractivity contribution is -0.128. The molecule has 0 aromatic carbocycles. The van der Waals surface area contributed by atoms with Crippen LogP contribution in [0.1, 0.15) is 12.1 Å². The van der Waals surface area contributed by atoms with Crippen molar-refractivity contribution in [3.63, 3.8) is 0 Å². The zero-order valence-electron chi connectivity index (χ0n) is 9.77. The lowest BCUT2D eigenvalue weighted by atomic mass is 10.1. The van der Waals surface area contributed by atoms with Gasteiger partial charge in [0.1, 0.15) is 0 Å². The third-order valence-electron chi connectivity index (χ3n) is 2.95. The van der Waals surface area contributed by atoms with Crippen molar-refractivity contribution in [1.82, 2.24) is 20.2 Å². The molecule has 2 amide bonds. The highest BCUT2D eigenvalue weighted by Gasteiger charge is 2.31. The number of imidazole rings is 1. The molecular weight excluding hydrogens is 220 g/mol. The third kappa shape index (κ3) is 2.83. The Kier molecular flexibility index (Phi) is 3.41. The fourth-order valence-electron chi connectivity index (χ4n) is 1.92. The maximum Gasteiger partial charge on any atom is 0.225 e. The molecule has 1 atom stereocenters. The van der Waals surface area contributed by atoms with Gasteiger partial charge in [0, 0.05) is 39.2 Å². The SMILES string of the molecule is CN1CC(C(=O)NCCc2c[nH]cn2)CC1=O. The van der Waals surface area contributed by atoms with E-state index in [1.54, 1.807) is 24.5 Å². The highest BCUT2D eigenvalue weighted by atomic mass is 16.2. The van der Waals surface area contributed by atoms with Gasteiger partial charge < -0.3 is 15.2 Å². The van der Waals surface area contributed by atoms with Crippen LogP contribution in [0.3, 0.4) is 0 Å². The molecule has 1 saturated heterocycles. The first-order chi connectivity index (χ1) is 8.16. The minimum absolute atomic E-state index is 0.0393. The monoisotopic (exact) mass is 236 g/mol. The molecule has 2 N–H and O–H groups in total. The number of amides is 2. The van der Waals surface area contributed by atoms with Crippen molar-refractivity contribution in [2.45, 2.75) is 12.8 Å². The Balaban J connectivity index is 1.73. The van der Waals surface area contributed by atoms with Crippen molar-refractivity contribution >= 4 is 11.8 Å². The number of aromatic nitrogens is 2. The highest BCUT2D eigenvalue weighted by molar-refractivity contribution is 5.89. The van der Waals surface area contributed by atoms with Crippen molar-refractivity contribution in [2.24, 2.45) is 5.92 Å². The summed E-state index contributed by atoms with van der Waals surface area (Å²) in [7, 11) is 1.72. The first-order valence-electron chi connectivity index (χ1n) is 5.66. The molecule has 0 bridgehead atoms. The van der Waals surface area contributed by atoms with E-state index >= 15 is 0 Å². The summed E-state index contributed by atoms with van der Waals surface area (Å²) in [6, 6.07) is 0. The molecule has 6 nitrogen and oxygen atoms in total. The molecule has 1 unspecified atom stereocenters. The zero-order valence-corrected chi connectivity index (χ0v) is 9.77. The molecular formula is C11H16N4O2. The second-order valence-corrected chi connectivity index (χ2v) is 4.28. The van der Waals surface area contributed by atoms with Crippen molar-refractivity contribution in [3.8, 4) is 0 Å². The van der Waals surface area contributed by atoms with Crippen LogP contribution in [0.2, 0.25) is 0 Å². The van der Waals surface area contributed by atoms with Gasteiger partial charge in [0.15, 0.2) is 0 Å². The van der Waals surface area contributed by atoms with E-state index in [2.05, 4.69) is 15.3 Å². The van der Waals surface area contributed by atoms with E-state index in [1.165, 1.54) is 0 Å². The molecule has 1 aromatic rings. The minimum atomic E-state index is -0.202. The van der Waals surface area contributed by atoms with Crippen LogP contribution in [0, 0.1) is 5.92 Å². The lowest BCUT2D eigenvalue weighted by Crippen LogP contribution is -2.33. The summed E-state index contributed by atoms with van der Waals surface area (Å²) >= 11 is 0. The van der Waals surface area contributed by atoms with Gasteiger partial charge in [-0.05, 0) is 0 Å². The summed E-state index contributed by atoms with van der Waals surface area (Å²) in [5.41, 5.74) is 0.921. The Morgan fingerprint density at radius 1 is 1.71 bits per heavy atom. The average molecular weight is 236 g/mol. The largest absolute Gasteiger partial charge is 0.355 e. The van der Waals surface area contributed by atoms with E-state index < -0.39 is 0 Å². The summed E-state index contributed by atoms with van der Waals surface area (Å²) in [6.45, 7) is 1.07. The summed E-state index contributed by atoms with van der Waals surface area (Å²) in [5, 5.41) is 2.83. The molecule has 0 saturated carbocycles. The topological polar surface area (TPSA) is 78.1 Å². The van der Waals surface area contributed by atoms with Gasteiger partial charge in [-0.1, -0.05) is 0 Å². The average Bonchev–Trinajstić information content (AvgIpc) is 2.90. The summed E-state index contributed by atoms with van der Waals surface area (Å²) in [4.78, 5) is 31.5. The van der Waals surface area contributed by atoms with Crippen LogP contribution in [-0.2, 0) is 16.0 Å². The lowest BCUT2D eigenvalue weighted by Gasteiger charge is -2.10. The molecule has 0 radical (unpaired) electrons. The molecule has 2 rings (SSSR count). The number of aromatic amines is 1. The predicted molar refractivity (Wildman–Crippen MR) is 61.0 cm³/mol. The van der Waals surface area contributed by atoms with Gasteiger partial charge in [0.05, 0.1) is 17.9 Å². The van der Waals surface area contributed by atoms with E-state index in [0.717, 1.165) is 5.69 Å². The van der Waals surface area contributed by atoms with E-state index in [1.807, 2.05) is 0 Å². The third-order valence-corrected chi connectivity index (χ3v) is 2.95. The second-order valence-electron chi connectivity index (χ2n) is 4.28. The molecule has 1 fully saturated rings. The number of carbonyl (C=O) groups excluding carboxylic acids is 2. The summed E-state index contributed by atoms with van der Waals surface area (Å²) in [6.07, 6.45) is 4.44. The Labute approximate surface area is 99.4 Å². The van der Waals surface area contributed by atoms with E-state index in [4.69, 9.17) is 0 Å². The maximum atomic E-state index is 11.7. The maximum absolute atomic E-state index is 11.7. The van der Waals surface area contributed by atoms with E-state index in [0.29, 0.717) is 25.9 Å². The van der Waals surface area contributed by atoms with Crippen LogP contribution in [0.15, 0.2) is 12.5 Å². The Bertz CT molecular complexity index is 402. The van der Waals surface area contributed by atoms with Crippen LogP contribution >= 0.6 is 0 Å². The zero-order chi connectivity index (χ0) is 12.3. The fraction of sp³-hybridized carbons (Fsp3) is 0.545. The standard InChI is InChI=1S/C11H16N4O2/c1-15-6-8(4-10(15)16)11(17)13-3-2-9-5-12-7-14-9/h5,7-8H,2-4,6H2,1H3,(H,12,14)(H,13,17). The molecule has 2 heterocycles. The van der Waals surface area contributed by atoms with Crippen LogP contribution in [0.5, 0.6) is 0 Å². The first kappa shape index (κ1) is 11.6. The fourth-order valence-corrected chi connectivity index (χ4v) is 1.92. The number of H-pyrrole nitrogens is 1. The Hall–Kier alpha value is -1.85. The van der Waals surface area contributed by atoms with Gasteiger partial charge in [0.25, 0.3) is 0 Å². The number of carbonyl (C=O) groups is 2. The highest BCUT2D eigenvalue weighted by Crippen LogP contribution is 2.15. The number of nitrogens with one attached hydrogen (secondary N) is 2. The summed E-state index contributed by atoms with van der Waals surface area (Å²) in [5.74, 6) is -0.206. The number of nitrogens with zero attached hydrogens (tertiary/aromatic N) is 2. The Morgan fingerprint density at radius 3 is 3.12 bits per heavy atom. The molecule has 92 valence electrons. The minimum Gasteiger partial charge on any atom is -0.355 e. The van der Waals surface area contributed by atoms with Gasteiger partial charge in [-0.2, -0.15) is 0 Å². The Morgan fingerprint density at radius 2 is 2.53 bits per heavy atom. The molecule has 0 spiro atoms. The number of likely N-dealkylation sites (tertiary alicyclic amines) is 1. The van der Waals surface area contributed by atoms with Crippen LogP contribution in [0.4, 0.5) is 0 Å². The number of hydrogen-bond acceptors (Lipinski definition) is 3. The molecule has 1 aliphatic rings. The normalized spacial score (nSPS) is 19.7. The number of hydrogen-bond donors (Lipinski definition) is 2. The molecule has 1 aliphatic heterocycles. The number of rotatable bonds is 4. The van der Waals surface area contributed by atoms with Crippen molar-refractivity contribution in [2.75, 3.05) is 20.1 Å². The van der Waals surface area contributed by atoms with E-state index in [-0.39, 0.29) is 17.7 Å². The quantitative estimate of drug-likeness (QED) is 0.743. The molecule has 0 aliphatic carbocycles. The van der Waals surface area contributed by atoms with Crippen molar-refractivity contribution in [1.29, 1.82) is 0 Å². The molecule has 6 heteroatoms. The van der Waals surface area contributed by atoms with Crippen LogP contribution < -0.4 is 5.32 Å². The van der Waals surface area contributed by atoms with Crippen LogP contribution in [-0.4, -0.2) is 46.8 Å². The molecule has 17 heavy (non-hydrogen) atoms. The van der Waals surface area contributed by atoms with E-state index in [9.17, 15) is 9.59 Å². The van der Waals surface area contributed by atoms with Gasteiger partial charge in [-0.3, -0.25) is 9.59 Å². The smallest absolute Gasteiger partial charge is 0.225 e. The van der Waals surface area contributed by atoms with Gasteiger partial charge in [-0.15, -0.1) is 0 Å². The van der Waals surface area contributed by atoms with Gasteiger partial charge in [0.2, 0.25) is 11.8 Å². The predicted octanol–water partition coefficient (Wildman–Crippen LogP) is -0.453. The van der Waals surface area contributed by atoms with Crippen molar-refractivity contribution in [3.05, 3.63) is 18.2 Å². The van der Waals surface area contributed by atoms with Crippen LogP contribution in [0.25, 0.3) is 0 Å². The molecule has 1 aromatic heterocycles.